The van der Waals surface area contributed by atoms with E-state index in [2.05, 4.69) is 9.05 Å². The molecule has 0 amide bonds. The highest BCUT2D eigenvalue weighted by atomic mass is 31.2. The molecule has 2 atom stereocenters. The van der Waals surface area contributed by atoms with E-state index in [4.69, 9.17) is 25.3 Å². The Bertz CT molecular complexity index is 275. The van der Waals surface area contributed by atoms with Gasteiger partial charge < -0.3 is 25.3 Å². The van der Waals surface area contributed by atoms with Crippen LogP contribution in [0.15, 0.2) is 0 Å². The summed E-state index contributed by atoms with van der Waals surface area (Å²) in [7, 11) is -1.45. The molecule has 11 heteroatoms. The van der Waals surface area contributed by atoms with Gasteiger partial charge in [0.15, 0.2) is 12.2 Å². The van der Waals surface area contributed by atoms with E-state index in [-0.39, 0.29) is 0 Å². The van der Waals surface area contributed by atoms with Gasteiger partial charge in [0.05, 0.1) is 0 Å². The van der Waals surface area contributed by atoms with Crippen LogP contribution in [0.25, 0.3) is 0 Å². The maximum Gasteiger partial charge on any atom is 0.471 e. The van der Waals surface area contributed by atoms with Gasteiger partial charge in [0.25, 0.3) is 0 Å². The van der Waals surface area contributed by atoms with Gasteiger partial charge in [0, 0.05) is 14.2 Å². The monoisotopic (exact) mass is 276 g/mol. The number of hydrogen-bond acceptors (Lipinski definition) is 7. The molecule has 0 heterocycles. The number of phosphoric ester groups is 1. The molecule has 0 aromatic rings. The highest BCUT2D eigenvalue weighted by molar-refractivity contribution is 7.47. The molecule has 0 saturated heterocycles. The van der Waals surface area contributed by atoms with E-state index in [0.29, 0.717) is 0 Å². The van der Waals surface area contributed by atoms with Crippen LogP contribution in [0.4, 0.5) is 0 Å². The number of aliphatic hydroxyl groups excluding tert-OH is 2. The molecule has 0 aromatic heterocycles. The fourth-order valence-corrected chi connectivity index (χ4v) is 0.494. The number of carbonyl (C=O) groups is 2. The Balaban J connectivity index is 0. The van der Waals surface area contributed by atoms with Gasteiger partial charge in [-0.3, -0.25) is 9.05 Å². The zero-order valence-corrected chi connectivity index (χ0v) is 9.77. The molecule has 0 bridgehead atoms. The minimum atomic E-state index is -3.65. The van der Waals surface area contributed by atoms with Crippen LogP contribution in [0.1, 0.15) is 0 Å². The number of phosphoric acid groups is 1. The molecule has 17 heavy (non-hydrogen) atoms. The van der Waals surface area contributed by atoms with E-state index in [1.54, 1.807) is 0 Å². The average molecular weight is 276 g/mol. The van der Waals surface area contributed by atoms with Crippen LogP contribution < -0.4 is 0 Å². The second kappa shape index (κ2) is 8.12. The zero-order chi connectivity index (χ0) is 14.2. The molecule has 0 aromatic carbocycles. The van der Waals surface area contributed by atoms with Gasteiger partial charge in [-0.2, -0.15) is 0 Å². The van der Waals surface area contributed by atoms with Gasteiger partial charge in [0.2, 0.25) is 0 Å². The van der Waals surface area contributed by atoms with Crippen molar-refractivity contribution in [2.24, 2.45) is 0 Å². The van der Waals surface area contributed by atoms with Crippen molar-refractivity contribution in [2.45, 2.75) is 12.2 Å². The largest absolute Gasteiger partial charge is 0.479 e. The van der Waals surface area contributed by atoms with Crippen LogP contribution in [-0.4, -0.2) is 63.7 Å². The molecule has 0 rings (SSSR count). The van der Waals surface area contributed by atoms with Crippen LogP contribution in [0.5, 0.6) is 0 Å². The van der Waals surface area contributed by atoms with Crippen molar-refractivity contribution in [1.82, 2.24) is 0 Å². The summed E-state index contributed by atoms with van der Waals surface area (Å²) in [6.07, 6.45) is -4.53. The summed E-state index contributed by atoms with van der Waals surface area (Å²) in [5.41, 5.74) is 0. The molecule has 10 nitrogen and oxygen atoms in total. The van der Waals surface area contributed by atoms with Crippen LogP contribution in [-0.2, 0) is 23.2 Å². The summed E-state index contributed by atoms with van der Waals surface area (Å²) in [5.74, 6) is -3.54. The molecule has 0 aliphatic rings. The second-order valence-electron chi connectivity index (χ2n) is 2.40. The average Bonchev–Trinajstić information content (AvgIpc) is 2.27. The lowest BCUT2D eigenvalue weighted by Gasteiger charge is -2.07. The quantitative estimate of drug-likeness (QED) is 0.363. The number of carboxylic acids is 2. The van der Waals surface area contributed by atoms with Gasteiger partial charge in [0.1, 0.15) is 0 Å². The molecule has 0 aliphatic carbocycles. The highest BCUT2D eigenvalue weighted by Crippen LogP contribution is 2.40. The van der Waals surface area contributed by atoms with Crippen molar-refractivity contribution in [3.63, 3.8) is 0 Å². The first-order valence-corrected chi connectivity index (χ1v) is 5.34. The highest BCUT2D eigenvalue weighted by Gasteiger charge is 2.29. The maximum absolute atomic E-state index is 10.1. The van der Waals surface area contributed by atoms with Gasteiger partial charge in [-0.15, -0.1) is 0 Å². The summed E-state index contributed by atoms with van der Waals surface area (Å²) in [6.45, 7) is 0. The Morgan fingerprint density at radius 2 is 1.24 bits per heavy atom. The van der Waals surface area contributed by atoms with Crippen molar-refractivity contribution in [1.29, 1.82) is 0 Å². The van der Waals surface area contributed by atoms with E-state index in [1.165, 1.54) is 0 Å². The summed E-state index contributed by atoms with van der Waals surface area (Å²) >= 11 is 0. The number of hydrogen-bond donors (Lipinski definition) is 5. The molecule has 0 radical (unpaired) electrons. The van der Waals surface area contributed by atoms with Crippen LogP contribution in [0, 0.1) is 0 Å². The zero-order valence-electron chi connectivity index (χ0n) is 8.88. The topological polar surface area (TPSA) is 171 Å². The molecular weight excluding hydrogens is 263 g/mol. The number of rotatable bonds is 5. The lowest BCUT2D eigenvalue weighted by molar-refractivity contribution is -0.165. The fourth-order valence-electron chi connectivity index (χ4n) is 0.345. The minimum absolute atomic E-state index is 1.10. The molecule has 0 saturated carbocycles. The number of aliphatic hydroxyl groups is 2. The Hall–Kier alpha value is -1.03. The van der Waals surface area contributed by atoms with E-state index in [1.807, 2.05) is 0 Å². The Morgan fingerprint density at radius 3 is 1.29 bits per heavy atom. The molecule has 5 N–H and O–H groups in total. The third kappa shape index (κ3) is 8.74. The summed E-state index contributed by atoms with van der Waals surface area (Å²) < 4.78 is 18.0. The molecule has 102 valence electrons. The molecule has 0 spiro atoms. The normalized spacial score (nSPS) is 14.2. The predicted molar refractivity (Wildman–Crippen MR) is 51.1 cm³/mol. The summed E-state index contributed by atoms with van der Waals surface area (Å²) in [6, 6.07) is 0. The maximum atomic E-state index is 10.1. The number of aliphatic carboxylic acids is 2. The SMILES string of the molecule is COP(=O)(O)OC.O=C(O)C(O)C(O)C(=O)O. The van der Waals surface area contributed by atoms with Gasteiger partial charge >= 0.3 is 19.8 Å². The first-order chi connectivity index (χ1) is 7.59. The fraction of sp³-hybridized carbons (Fsp3) is 0.667. The van der Waals surface area contributed by atoms with Crippen molar-refractivity contribution in [2.75, 3.05) is 14.2 Å². The smallest absolute Gasteiger partial charge is 0.471 e. The van der Waals surface area contributed by atoms with Crippen molar-refractivity contribution >= 4 is 19.8 Å². The first-order valence-electron chi connectivity index (χ1n) is 3.85. The molecule has 0 fully saturated rings. The van der Waals surface area contributed by atoms with Crippen LogP contribution >= 0.6 is 7.82 Å². The Morgan fingerprint density at radius 1 is 1.00 bits per heavy atom. The van der Waals surface area contributed by atoms with E-state index in [9.17, 15) is 14.2 Å². The molecule has 2 unspecified atom stereocenters. The minimum Gasteiger partial charge on any atom is -0.479 e. The summed E-state index contributed by atoms with van der Waals surface area (Å²) in [5, 5.41) is 32.5. The van der Waals surface area contributed by atoms with Gasteiger partial charge in [-0.1, -0.05) is 0 Å². The molecular formula is C6H13O10P. The third-order valence-corrected chi connectivity index (χ3v) is 2.19. The standard InChI is InChI=1S/C4H6O6.C2H7O4P/c5-1(3(7)8)2(6)4(9)10;1-5-7(3,4)6-2/h1-2,5-6H,(H,7,8)(H,9,10);1-2H3,(H,3,4). The van der Waals surface area contributed by atoms with Crippen LogP contribution in [0.3, 0.4) is 0 Å². The van der Waals surface area contributed by atoms with Crippen molar-refractivity contribution in [3.05, 3.63) is 0 Å². The lowest BCUT2D eigenvalue weighted by Crippen LogP contribution is -2.39. The van der Waals surface area contributed by atoms with Gasteiger partial charge in [-0.05, 0) is 0 Å². The third-order valence-electron chi connectivity index (χ3n) is 1.27. The van der Waals surface area contributed by atoms with E-state index >= 15 is 0 Å². The lowest BCUT2D eigenvalue weighted by atomic mass is 10.2. The Labute approximate surface area is 95.6 Å². The van der Waals surface area contributed by atoms with E-state index < -0.39 is 32.0 Å². The second-order valence-corrected chi connectivity index (χ2v) is 4.07. The first kappa shape index (κ1) is 18.3. The van der Waals surface area contributed by atoms with Crippen molar-refractivity contribution < 1.29 is 48.5 Å². The summed E-state index contributed by atoms with van der Waals surface area (Å²) in [4.78, 5) is 27.8. The Kier molecular flexibility index (Phi) is 8.76. The van der Waals surface area contributed by atoms with Gasteiger partial charge in [-0.25, -0.2) is 14.2 Å². The van der Waals surface area contributed by atoms with E-state index in [0.717, 1.165) is 14.2 Å². The predicted octanol–water partition coefficient (Wildman–Crippen LogP) is -1.74. The number of carboxylic acid groups (broad SMARTS) is 2. The van der Waals surface area contributed by atoms with Crippen molar-refractivity contribution in [3.8, 4) is 0 Å². The van der Waals surface area contributed by atoms with Crippen LogP contribution in [0.2, 0.25) is 0 Å². The molecule has 0 aliphatic heterocycles.